The highest BCUT2D eigenvalue weighted by Crippen LogP contribution is 2.28. The van der Waals surface area contributed by atoms with Crippen molar-refractivity contribution in [2.24, 2.45) is 11.3 Å². The third-order valence-electron chi connectivity index (χ3n) is 2.98. The first-order valence-corrected chi connectivity index (χ1v) is 6.26. The molecule has 0 spiro atoms. The summed E-state index contributed by atoms with van der Waals surface area (Å²) in [5, 5.41) is 1.13. The molecule has 0 fully saturated rings. The largest absolute Gasteiger partial charge is 0.322 e. The summed E-state index contributed by atoms with van der Waals surface area (Å²) in [4.78, 5) is 4.79. The number of nitrogen functional groups attached to an aromatic ring is 1. The molecule has 2 aromatic rings. The number of anilines is 1. The van der Waals surface area contributed by atoms with Gasteiger partial charge in [0.2, 0.25) is 0 Å². The maximum atomic E-state index is 5.61. The molecule has 3 N–H and O–H groups in total. The second kappa shape index (κ2) is 4.58. The molecule has 0 bridgehead atoms. The highest BCUT2D eigenvalue weighted by Gasteiger charge is 2.16. The highest BCUT2D eigenvalue weighted by molar-refractivity contribution is 5.85. The normalized spacial score (nSPS) is 11.8. The number of nitrogens with one attached hydrogen (secondary N) is 1. The Morgan fingerprint density at radius 1 is 1.28 bits per heavy atom. The van der Waals surface area contributed by atoms with Crippen LogP contribution in [-0.4, -0.2) is 4.98 Å². The molecule has 1 aromatic carbocycles. The van der Waals surface area contributed by atoms with Gasteiger partial charge in [0.25, 0.3) is 0 Å². The van der Waals surface area contributed by atoms with Crippen LogP contribution < -0.4 is 11.3 Å². The quantitative estimate of drug-likeness (QED) is 0.627. The lowest BCUT2D eigenvalue weighted by atomic mass is 9.89. The molecule has 1 heterocycles. The summed E-state index contributed by atoms with van der Waals surface area (Å²) < 4.78 is 0. The zero-order chi connectivity index (χ0) is 13.3. The van der Waals surface area contributed by atoms with E-state index >= 15 is 0 Å². The van der Waals surface area contributed by atoms with Gasteiger partial charge in [-0.1, -0.05) is 39.0 Å². The van der Waals surface area contributed by atoms with E-state index in [2.05, 4.69) is 51.3 Å². The van der Waals surface area contributed by atoms with E-state index in [9.17, 15) is 0 Å². The highest BCUT2D eigenvalue weighted by atomic mass is 15.2. The van der Waals surface area contributed by atoms with Crippen LogP contribution in [0.4, 0.5) is 5.69 Å². The van der Waals surface area contributed by atoms with Gasteiger partial charge in [-0.3, -0.25) is 10.8 Å². The predicted octanol–water partition coefficient (Wildman–Crippen LogP) is 3.42. The lowest BCUT2D eigenvalue weighted by Crippen LogP contribution is -2.16. The lowest BCUT2D eigenvalue weighted by molar-refractivity contribution is 0.407. The Labute approximate surface area is 108 Å². The minimum atomic E-state index is 0.189. The van der Waals surface area contributed by atoms with E-state index in [1.54, 1.807) is 0 Å². The SMILES string of the molecule is Cc1cccc2cc(NN)c(CC(C)(C)C)nc12. The topological polar surface area (TPSA) is 50.9 Å². The van der Waals surface area contributed by atoms with Gasteiger partial charge in [0.05, 0.1) is 16.9 Å². The monoisotopic (exact) mass is 243 g/mol. The van der Waals surface area contributed by atoms with Crippen molar-refractivity contribution < 1.29 is 0 Å². The molecule has 2 rings (SSSR count). The Bertz CT molecular complexity index is 568. The predicted molar refractivity (Wildman–Crippen MR) is 77.4 cm³/mol. The average Bonchev–Trinajstić information content (AvgIpc) is 2.27. The smallest absolute Gasteiger partial charge is 0.0736 e. The second-order valence-electron chi connectivity index (χ2n) is 6.01. The summed E-state index contributed by atoms with van der Waals surface area (Å²) in [5.41, 5.74) is 7.18. The molecular weight excluding hydrogens is 222 g/mol. The van der Waals surface area contributed by atoms with Gasteiger partial charge in [0.15, 0.2) is 0 Å². The van der Waals surface area contributed by atoms with Gasteiger partial charge < -0.3 is 5.43 Å². The molecule has 0 radical (unpaired) electrons. The van der Waals surface area contributed by atoms with Crippen molar-refractivity contribution in [1.29, 1.82) is 0 Å². The van der Waals surface area contributed by atoms with E-state index in [1.807, 2.05) is 6.07 Å². The molecule has 0 saturated carbocycles. The van der Waals surface area contributed by atoms with Gasteiger partial charge >= 0.3 is 0 Å². The number of hydrogen-bond donors (Lipinski definition) is 2. The number of rotatable bonds is 2. The Balaban J connectivity index is 2.60. The fraction of sp³-hybridized carbons (Fsp3) is 0.400. The van der Waals surface area contributed by atoms with Crippen molar-refractivity contribution in [1.82, 2.24) is 4.98 Å². The number of fused-ring (bicyclic) bond motifs is 1. The Kier molecular flexibility index (Phi) is 3.26. The summed E-state index contributed by atoms with van der Waals surface area (Å²) in [6.07, 6.45) is 0.900. The van der Waals surface area contributed by atoms with Crippen LogP contribution in [0.3, 0.4) is 0 Å². The van der Waals surface area contributed by atoms with E-state index in [0.717, 1.165) is 28.7 Å². The Hall–Kier alpha value is -1.61. The lowest BCUT2D eigenvalue weighted by Gasteiger charge is -2.20. The molecule has 96 valence electrons. The summed E-state index contributed by atoms with van der Waals surface area (Å²) in [5.74, 6) is 5.61. The van der Waals surface area contributed by atoms with Crippen LogP contribution in [0.15, 0.2) is 24.3 Å². The number of pyridine rings is 1. The molecule has 3 nitrogen and oxygen atoms in total. The van der Waals surface area contributed by atoms with Gasteiger partial charge in [-0.25, -0.2) is 0 Å². The Morgan fingerprint density at radius 2 is 2.00 bits per heavy atom. The molecule has 0 aliphatic heterocycles. The molecule has 0 unspecified atom stereocenters. The summed E-state index contributed by atoms with van der Waals surface area (Å²) in [6.45, 7) is 8.71. The molecule has 1 aromatic heterocycles. The number of nitrogens with two attached hydrogens (primary N) is 1. The van der Waals surface area contributed by atoms with E-state index in [1.165, 1.54) is 5.56 Å². The Morgan fingerprint density at radius 3 is 2.61 bits per heavy atom. The van der Waals surface area contributed by atoms with E-state index in [-0.39, 0.29) is 5.41 Å². The summed E-state index contributed by atoms with van der Waals surface area (Å²) in [7, 11) is 0. The second-order valence-corrected chi connectivity index (χ2v) is 6.01. The van der Waals surface area contributed by atoms with Crippen molar-refractivity contribution in [2.45, 2.75) is 34.1 Å². The zero-order valence-corrected chi connectivity index (χ0v) is 11.5. The van der Waals surface area contributed by atoms with Crippen molar-refractivity contribution in [2.75, 3.05) is 5.43 Å². The third-order valence-corrected chi connectivity index (χ3v) is 2.98. The van der Waals surface area contributed by atoms with Crippen LogP contribution in [0.5, 0.6) is 0 Å². The molecule has 0 aliphatic carbocycles. The third kappa shape index (κ3) is 2.62. The van der Waals surface area contributed by atoms with Crippen molar-refractivity contribution in [3.05, 3.63) is 35.5 Å². The van der Waals surface area contributed by atoms with Crippen molar-refractivity contribution in [3.63, 3.8) is 0 Å². The molecular formula is C15H21N3. The minimum absolute atomic E-state index is 0.189. The van der Waals surface area contributed by atoms with Crippen LogP contribution in [0.25, 0.3) is 10.9 Å². The fourth-order valence-electron chi connectivity index (χ4n) is 2.15. The number of benzene rings is 1. The van der Waals surface area contributed by atoms with Gasteiger partial charge in [-0.05, 0) is 30.4 Å². The van der Waals surface area contributed by atoms with Gasteiger partial charge in [0, 0.05) is 5.39 Å². The van der Waals surface area contributed by atoms with Gasteiger partial charge in [-0.15, -0.1) is 0 Å². The zero-order valence-electron chi connectivity index (χ0n) is 11.5. The average molecular weight is 243 g/mol. The van der Waals surface area contributed by atoms with Gasteiger partial charge in [-0.2, -0.15) is 0 Å². The van der Waals surface area contributed by atoms with Crippen molar-refractivity contribution >= 4 is 16.6 Å². The molecule has 0 atom stereocenters. The van der Waals surface area contributed by atoms with Crippen LogP contribution in [0.1, 0.15) is 32.0 Å². The maximum absolute atomic E-state index is 5.61. The standard InChI is InChI=1S/C15H21N3/c1-10-6-5-7-11-8-12(18-16)13(17-14(10)11)9-15(2,3)4/h5-8,18H,9,16H2,1-4H3. The van der Waals surface area contributed by atoms with E-state index < -0.39 is 0 Å². The summed E-state index contributed by atoms with van der Waals surface area (Å²) >= 11 is 0. The fourth-order valence-corrected chi connectivity index (χ4v) is 2.15. The van der Waals surface area contributed by atoms with Crippen LogP contribution >= 0.6 is 0 Å². The first kappa shape index (κ1) is 12.8. The van der Waals surface area contributed by atoms with Crippen LogP contribution in [0, 0.1) is 12.3 Å². The van der Waals surface area contributed by atoms with Gasteiger partial charge in [0.1, 0.15) is 0 Å². The van der Waals surface area contributed by atoms with E-state index in [0.29, 0.717) is 0 Å². The summed E-state index contributed by atoms with van der Waals surface area (Å²) in [6, 6.07) is 8.28. The number of para-hydroxylation sites is 1. The number of hydrogen-bond acceptors (Lipinski definition) is 3. The maximum Gasteiger partial charge on any atom is 0.0736 e. The molecule has 0 aliphatic rings. The van der Waals surface area contributed by atoms with Crippen molar-refractivity contribution in [3.8, 4) is 0 Å². The van der Waals surface area contributed by atoms with Crippen LogP contribution in [0.2, 0.25) is 0 Å². The number of aryl methyl sites for hydroxylation is 1. The van der Waals surface area contributed by atoms with Crippen LogP contribution in [-0.2, 0) is 6.42 Å². The number of nitrogens with zero attached hydrogens (tertiary/aromatic N) is 1. The number of aromatic nitrogens is 1. The number of hydrazine groups is 1. The first-order valence-electron chi connectivity index (χ1n) is 6.26. The van der Waals surface area contributed by atoms with E-state index in [4.69, 9.17) is 10.8 Å². The first-order chi connectivity index (χ1) is 8.40. The molecule has 0 saturated heterocycles. The molecule has 18 heavy (non-hydrogen) atoms. The molecule has 3 heteroatoms. The minimum Gasteiger partial charge on any atom is -0.322 e. The molecule has 0 amide bonds.